The van der Waals surface area contributed by atoms with Crippen molar-refractivity contribution >= 4 is 11.8 Å². The summed E-state index contributed by atoms with van der Waals surface area (Å²) in [6.45, 7) is 7.30. The molecule has 3 aromatic carbocycles. The van der Waals surface area contributed by atoms with Gasteiger partial charge in [0.1, 0.15) is 12.4 Å². The molecule has 0 aliphatic rings. The number of hydrogen-bond donors (Lipinski definition) is 0. The van der Waals surface area contributed by atoms with Crippen LogP contribution in [0.3, 0.4) is 0 Å². The van der Waals surface area contributed by atoms with Crippen LogP contribution in [0.5, 0.6) is 0 Å². The maximum atomic E-state index is 13.8. The first-order chi connectivity index (χ1) is 18.8. The summed E-state index contributed by atoms with van der Waals surface area (Å²) in [6, 6.07) is 27.7. The van der Waals surface area contributed by atoms with Gasteiger partial charge in [-0.3, -0.25) is 9.59 Å². The smallest absolute Gasteiger partial charge is 0.254 e. The SMILES string of the molecule is CCc1ccc(C(=O)N(CC(=O)N(Cc2ccccc2)Cc2cccn2Cc2ccc(F)cc2)C(C)C)cc1. The Morgan fingerprint density at radius 1 is 0.795 bits per heavy atom. The van der Waals surface area contributed by atoms with Gasteiger partial charge in [-0.25, -0.2) is 4.39 Å². The van der Waals surface area contributed by atoms with Crippen molar-refractivity contribution in [3.63, 3.8) is 0 Å². The Kier molecular flexibility index (Phi) is 9.31. The van der Waals surface area contributed by atoms with Gasteiger partial charge in [-0.1, -0.05) is 61.5 Å². The first kappa shape index (κ1) is 27.8. The molecule has 4 aromatic rings. The number of hydrogen-bond acceptors (Lipinski definition) is 2. The Morgan fingerprint density at radius 3 is 2.10 bits per heavy atom. The lowest BCUT2D eigenvalue weighted by Gasteiger charge is -2.30. The van der Waals surface area contributed by atoms with E-state index in [1.54, 1.807) is 21.9 Å². The molecule has 0 radical (unpaired) electrons. The largest absolute Gasteiger partial charge is 0.345 e. The molecule has 0 aliphatic heterocycles. The van der Waals surface area contributed by atoms with E-state index in [1.165, 1.54) is 12.1 Å². The minimum atomic E-state index is -0.267. The molecule has 6 heteroatoms. The molecule has 1 heterocycles. The standard InChI is InChI=1S/C33H36FN3O2/c1-4-26-12-16-29(17-13-26)33(39)37(25(2)3)24-32(38)36(22-27-9-6-5-7-10-27)23-31-11-8-20-35(31)21-28-14-18-30(34)19-15-28/h5-20,25H,4,21-24H2,1-3H3. The molecule has 0 unspecified atom stereocenters. The van der Waals surface area contributed by atoms with Crippen molar-refractivity contribution in [2.75, 3.05) is 6.54 Å². The fraction of sp³-hybridized carbons (Fsp3) is 0.273. The third-order valence-corrected chi connectivity index (χ3v) is 6.91. The number of carbonyl (C=O) groups excluding carboxylic acids is 2. The van der Waals surface area contributed by atoms with Gasteiger partial charge >= 0.3 is 0 Å². The summed E-state index contributed by atoms with van der Waals surface area (Å²) in [5, 5.41) is 0. The molecule has 2 amide bonds. The van der Waals surface area contributed by atoms with E-state index in [9.17, 15) is 14.0 Å². The van der Waals surface area contributed by atoms with Gasteiger partial charge in [0.2, 0.25) is 5.91 Å². The molecule has 0 bridgehead atoms. The van der Waals surface area contributed by atoms with Crippen LogP contribution in [0.2, 0.25) is 0 Å². The van der Waals surface area contributed by atoms with Crippen molar-refractivity contribution in [1.82, 2.24) is 14.4 Å². The monoisotopic (exact) mass is 525 g/mol. The van der Waals surface area contributed by atoms with Crippen molar-refractivity contribution in [2.24, 2.45) is 0 Å². The van der Waals surface area contributed by atoms with E-state index in [0.29, 0.717) is 25.2 Å². The minimum Gasteiger partial charge on any atom is -0.345 e. The molecule has 0 saturated carbocycles. The quantitative estimate of drug-likeness (QED) is 0.230. The summed E-state index contributed by atoms with van der Waals surface area (Å²) in [5.41, 5.74) is 4.69. The predicted octanol–water partition coefficient (Wildman–Crippen LogP) is 6.32. The number of aryl methyl sites for hydroxylation is 1. The van der Waals surface area contributed by atoms with Crippen molar-refractivity contribution < 1.29 is 14.0 Å². The molecule has 5 nitrogen and oxygen atoms in total. The van der Waals surface area contributed by atoms with Crippen LogP contribution in [0.1, 0.15) is 53.5 Å². The van der Waals surface area contributed by atoms with Gasteiger partial charge in [-0.05, 0) is 73.4 Å². The normalized spacial score (nSPS) is 11.0. The third-order valence-electron chi connectivity index (χ3n) is 6.91. The van der Waals surface area contributed by atoms with E-state index in [2.05, 4.69) is 11.5 Å². The first-order valence-corrected chi connectivity index (χ1v) is 13.4. The number of amides is 2. The Labute approximate surface area is 230 Å². The van der Waals surface area contributed by atoms with Gasteiger partial charge in [0.05, 0.1) is 6.54 Å². The topological polar surface area (TPSA) is 45.6 Å². The molecule has 0 atom stereocenters. The highest BCUT2D eigenvalue weighted by Crippen LogP contribution is 2.16. The highest BCUT2D eigenvalue weighted by molar-refractivity contribution is 5.96. The first-order valence-electron chi connectivity index (χ1n) is 13.4. The average molecular weight is 526 g/mol. The van der Waals surface area contributed by atoms with Crippen LogP contribution in [0.4, 0.5) is 4.39 Å². The summed E-state index contributed by atoms with van der Waals surface area (Å²) < 4.78 is 15.5. The second-order valence-electron chi connectivity index (χ2n) is 10.1. The molecular weight excluding hydrogens is 489 g/mol. The number of aromatic nitrogens is 1. The van der Waals surface area contributed by atoms with E-state index >= 15 is 0 Å². The highest BCUT2D eigenvalue weighted by Gasteiger charge is 2.25. The number of benzene rings is 3. The van der Waals surface area contributed by atoms with E-state index in [1.807, 2.05) is 86.8 Å². The number of carbonyl (C=O) groups is 2. The zero-order valence-electron chi connectivity index (χ0n) is 22.9. The van der Waals surface area contributed by atoms with Crippen LogP contribution >= 0.6 is 0 Å². The maximum Gasteiger partial charge on any atom is 0.254 e. The summed E-state index contributed by atoms with van der Waals surface area (Å²) in [6.07, 6.45) is 2.87. The Balaban J connectivity index is 1.55. The van der Waals surface area contributed by atoms with Crippen LogP contribution in [0.25, 0.3) is 0 Å². The van der Waals surface area contributed by atoms with Crippen LogP contribution in [-0.2, 0) is 30.8 Å². The van der Waals surface area contributed by atoms with Crippen LogP contribution in [-0.4, -0.2) is 38.8 Å². The summed E-state index contributed by atoms with van der Waals surface area (Å²) in [7, 11) is 0. The van der Waals surface area contributed by atoms with Gasteiger partial charge in [0.15, 0.2) is 0 Å². The van der Waals surface area contributed by atoms with Gasteiger partial charge in [-0.2, -0.15) is 0 Å². The molecule has 0 fully saturated rings. The average Bonchev–Trinajstić information content (AvgIpc) is 3.38. The third kappa shape index (κ3) is 7.44. The summed E-state index contributed by atoms with van der Waals surface area (Å²) in [4.78, 5) is 30.7. The molecule has 0 aliphatic carbocycles. The fourth-order valence-electron chi connectivity index (χ4n) is 4.55. The zero-order valence-corrected chi connectivity index (χ0v) is 22.9. The summed E-state index contributed by atoms with van der Waals surface area (Å²) in [5.74, 6) is -0.544. The minimum absolute atomic E-state index is 0.0163. The predicted molar refractivity (Wildman–Crippen MR) is 153 cm³/mol. The van der Waals surface area contributed by atoms with Crippen molar-refractivity contribution in [1.29, 1.82) is 0 Å². The second-order valence-corrected chi connectivity index (χ2v) is 10.1. The molecule has 202 valence electrons. The van der Waals surface area contributed by atoms with Gasteiger partial charge < -0.3 is 14.4 Å². The lowest BCUT2D eigenvalue weighted by molar-refractivity contribution is -0.133. The Morgan fingerprint density at radius 2 is 1.46 bits per heavy atom. The molecule has 39 heavy (non-hydrogen) atoms. The molecule has 0 spiro atoms. The van der Waals surface area contributed by atoms with Crippen LogP contribution in [0, 0.1) is 5.82 Å². The van der Waals surface area contributed by atoms with E-state index in [0.717, 1.165) is 28.8 Å². The van der Waals surface area contributed by atoms with Gasteiger partial charge in [0.25, 0.3) is 5.91 Å². The highest BCUT2D eigenvalue weighted by atomic mass is 19.1. The van der Waals surface area contributed by atoms with E-state index < -0.39 is 0 Å². The fourth-order valence-corrected chi connectivity index (χ4v) is 4.55. The summed E-state index contributed by atoms with van der Waals surface area (Å²) >= 11 is 0. The number of rotatable bonds is 11. The van der Waals surface area contributed by atoms with E-state index in [-0.39, 0.29) is 30.2 Å². The zero-order chi connectivity index (χ0) is 27.8. The Bertz CT molecular complexity index is 1360. The molecule has 1 aromatic heterocycles. The molecule has 4 rings (SSSR count). The van der Waals surface area contributed by atoms with Crippen molar-refractivity contribution in [3.05, 3.63) is 131 Å². The van der Waals surface area contributed by atoms with Crippen LogP contribution in [0.15, 0.2) is 97.2 Å². The molecular formula is C33H36FN3O2. The second kappa shape index (κ2) is 13.1. The van der Waals surface area contributed by atoms with E-state index in [4.69, 9.17) is 0 Å². The molecule has 0 N–H and O–H groups in total. The lowest BCUT2D eigenvalue weighted by Crippen LogP contribution is -2.45. The lowest BCUT2D eigenvalue weighted by atomic mass is 10.1. The number of halogens is 1. The van der Waals surface area contributed by atoms with Crippen molar-refractivity contribution in [3.8, 4) is 0 Å². The van der Waals surface area contributed by atoms with Crippen LogP contribution < -0.4 is 0 Å². The van der Waals surface area contributed by atoms with Gasteiger partial charge in [0, 0.05) is 36.6 Å². The van der Waals surface area contributed by atoms with Crippen molar-refractivity contribution in [2.45, 2.75) is 52.9 Å². The number of nitrogens with zero attached hydrogens (tertiary/aromatic N) is 3. The Hall–Kier alpha value is -4.19. The maximum absolute atomic E-state index is 13.8. The molecule has 0 saturated heterocycles. The van der Waals surface area contributed by atoms with Gasteiger partial charge in [-0.15, -0.1) is 0 Å².